The molecular weight excluding hydrogens is 208 g/mol. The first-order valence-electron chi connectivity index (χ1n) is 4.92. The Morgan fingerprint density at radius 2 is 1.94 bits per heavy atom. The summed E-state index contributed by atoms with van der Waals surface area (Å²) in [5, 5.41) is 9.10. The van der Waals surface area contributed by atoms with Gasteiger partial charge in [-0.25, -0.2) is 0 Å². The van der Waals surface area contributed by atoms with Gasteiger partial charge in [0, 0.05) is 12.7 Å². The largest absolute Gasteiger partial charge is 0.508 e. The van der Waals surface area contributed by atoms with Crippen molar-refractivity contribution in [1.82, 2.24) is 0 Å². The molecule has 0 aliphatic carbocycles. The molecule has 4 heteroatoms. The zero-order chi connectivity index (χ0) is 11.8. The predicted molar refractivity (Wildman–Crippen MR) is 60.9 cm³/mol. The summed E-state index contributed by atoms with van der Waals surface area (Å²) < 4.78 is 15.2. The van der Waals surface area contributed by atoms with Crippen LogP contribution in [0.4, 0.5) is 0 Å². The van der Waals surface area contributed by atoms with Crippen molar-refractivity contribution in [1.29, 1.82) is 0 Å². The predicted octanol–water partition coefficient (Wildman–Crippen LogP) is 2.00. The van der Waals surface area contributed by atoms with Gasteiger partial charge in [0.1, 0.15) is 11.5 Å². The van der Waals surface area contributed by atoms with Gasteiger partial charge in [-0.3, -0.25) is 0 Å². The molecule has 0 radical (unpaired) electrons. The fourth-order valence-electron chi connectivity index (χ4n) is 1.04. The minimum Gasteiger partial charge on any atom is -0.508 e. The zero-order valence-electron chi connectivity index (χ0n) is 9.31. The van der Waals surface area contributed by atoms with E-state index in [1.54, 1.807) is 31.4 Å². The van der Waals surface area contributed by atoms with Crippen LogP contribution < -0.4 is 0 Å². The third-order valence-electron chi connectivity index (χ3n) is 1.94. The van der Waals surface area contributed by atoms with E-state index in [0.717, 1.165) is 5.56 Å². The van der Waals surface area contributed by atoms with Crippen LogP contribution in [-0.4, -0.2) is 32.2 Å². The van der Waals surface area contributed by atoms with Crippen molar-refractivity contribution in [2.75, 3.05) is 27.1 Å². The van der Waals surface area contributed by atoms with Crippen molar-refractivity contribution in [3.63, 3.8) is 0 Å². The highest BCUT2D eigenvalue weighted by atomic mass is 16.7. The van der Waals surface area contributed by atoms with Crippen LogP contribution in [0.5, 0.6) is 5.75 Å². The standard InChI is InChI=1S/C12H16O4/c1-10(16-9-15-8-7-14-2)11-3-5-12(13)6-4-11/h3-6,13H,1,7-9H2,2H3. The topological polar surface area (TPSA) is 47.9 Å². The van der Waals surface area contributed by atoms with Crippen LogP contribution in [0, 0.1) is 0 Å². The van der Waals surface area contributed by atoms with Crippen LogP contribution in [0.15, 0.2) is 30.8 Å². The summed E-state index contributed by atoms with van der Waals surface area (Å²) in [6.07, 6.45) is 0. The van der Waals surface area contributed by atoms with Crippen LogP contribution >= 0.6 is 0 Å². The van der Waals surface area contributed by atoms with Crippen LogP contribution in [0.25, 0.3) is 5.76 Å². The lowest BCUT2D eigenvalue weighted by atomic mass is 10.2. The Bertz CT molecular complexity index is 318. The number of hydrogen-bond donors (Lipinski definition) is 1. The molecule has 88 valence electrons. The van der Waals surface area contributed by atoms with E-state index in [1.165, 1.54) is 0 Å². The molecule has 0 aromatic heterocycles. The van der Waals surface area contributed by atoms with E-state index in [0.29, 0.717) is 19.0 Å². The lowest BCUT2D eigenvalue weighted by Gasteiger charge is -2.09. The Morgan fingerprint density at radius 3 is 2.56 bits per heavy atom. The van der Waals surface area contributed by atoms with Gasteiger partial charge < -0.3 is 19.3 Å². The van der Waals surface area contributed by atoms with Gasteiger partial charge >= 0.3 is 0 Å². The molecule has 0 bridgehead atoms. The highest BCUT2D eigenvalue weighted by Crippen LogP contribution is 2.17. The maximum Gasteiger partial charge on any atom is 0.189 e. The van der Waals surface area contributed by atoms with E-state index in [-0.39, 0.29) is 12.5 Å². The second-order valence-corrected chi connectivity index (χ2v) is 3.13. The SMILES string of the molecule is C=C(OCOCCOC)c1ccc(O)cc1. The van der Waals surface area contributed by atoms with Crippen molar-refractivity contribution in [3.8, 4) is 5.75 Å². The Labute approximate surface area is 95.1 Å². The summed E-state index contributed by atoms with van der Waals surface area (Å²) in [5.41, 5.74) is 0.813. The second-order valence-electron chi connectivity index (χ2n) is 3.13. The first-order valence-corrected chi connectivity index (χ1v) is 4.92. The number of phenolic OH excluding ortho intramolecular Hbond substituents is 1. The van der Waals surface area contributed by atoms with Crippen molar-refractivity contribution >= 4 is 5.76 Å². The first-order chi connectivity index (χ1) is 7.74. The van der Waals surface area contributed by atoms with Crippen LogP contribution in [0.3, 0.4) is 0 Å². The van der Waals surface area contributed by atoms with Gasteiger partial charge in [0.15, 0.2) is 6.79 Å². The average molecular weight is 224 g/mol. The average Bonchev–Trinajstić information content (AvgIpc) is 2.29. The fourth-order valence-corrected chi connectivity index (χ4v) is 1.04. The molecule has 0 spiro atoms. The number of methoxy groups -OCH3 is 1. The summed E-state index contributed by atoms with van der Waals surface area (Å²) in [6, 6.07) is 6.62. The van der Waals surface area contributed by atoms with E-state index in [9.17, 15) is 0 Å². The minimum absolute atomic E-state index is 0.142. The highest BCUT2D eigenvalue weighted by molar-refractivity contribution is 5.57. The molecule has 1 rings (SSSR count). The molecule has 1 N–H and O–H groups in total. The van der Waals surface area contributed by atoms with Gasteiger partial charge in [0.25, 0.3) is 0 Å². The van der Waals surface area contributed by atoms with Gasteiger partial charge in [-0.05, 0) is 24.3 Å². The van der Waals surface area contributed by atoms with E-state index < -0.39 is 0 Å². The smallest absolute Gasteiger partial charge is 0.189 e. The summed E-state index contributed by atoms with van der Waals surface area (Å²) in [7, 11) is 1.61. The highest BCUT2D eigenvalue weighted by Gasteiger charge is 1.99. The normalized spacial score (nSPS) is 10.1. The number of aromatic hydroxyl groups is 1. The Balaban J connectivity index is 2.27. The van der Waals surface area contributed by atoms with Crippen molar-refractivity contribution in [2.24, 2.45) is 0 Å². The first kappa shape index (κ1) is 12.5. The number of ether oxygens (including phenoxy) is 3. The number of phenols is 1. The monoisotopic (exact) mass is 224 g/mol. The van der Waals surface area contributed by atoms with E-state index in [1.807, 2.05) is 0 Å². The Hall–Kier alpha value is -1.52. The van der Waals surface area contributed by atoms with Crippen molar-refractivity contribution in [2.45, 2.75) is 0 Å². The molecule has 0 fully saturated rings. The van der Waals surface area contributed by atoms with Gasteiger partial charge in [-0.1, -0.05) is 6.58 Å². The molecule has 0 saturated carbocycles. The molecule has 0 saturated heterocycles. The van der Waals surface area contributed by atoms with Crippen LogP contribution in [-0.2, 0) is 14.2 Å². The summed E-state index contributed by atoms with van der Waals surface area (Å²) in [4.78, 5) is 0. The maximum atomic E-state index is 9.10. The third kappa shape index (κ3) is 4.33. The molecule has 16 heavy (non-hydrogen) atoms. The lowest BCUT2D eigenvalue weighted by molar-refractivity contribution is -0.0215. The molecule has 1 aromatic carbocycles. The van der Waals surface area contributed by atoms with Crippen molar-refractivity contribution < 1.29 is 19.3 Å². The number of hydrogen-bond acceptors (Lipinski definition) is 4. The Morgan fingerprint density at radius 1 is 1.25 bits per heavy atom. The van der Waals surface area contributed by atoms with E-state index in [2.05, 4.69) is 6.58 Å². The molecule has 0 atom stereocenters. The van der Waals surface area contributed by atoms with Gasteiger partial charge in [-0.15, -0.1) is 0 Å². The Kier molecular flexibility index (Phi) is 5.39. The summed E-state index contributed by atoms with van der Waals surface area (Å²) in [5.74, 6) is 0.727. The summed E-state index contributed by atoms with van der Waals surface area (Å²) in [6.45, 7) is 4.92. The number of rotatable bonds is 7. The molecule has 4 nitrogen and oxygen atoms in total. The molecule has 0 aliphatic rings. The fraction of sp³-hybridized carbons (Fsp3) is 0.333. The molecular formula is C12H16O4. The van der Waals surface area contributed by atoms with Gasteiger partial charge in [0.05, 0.1) is 13.2 Å². The van der Waals surface area contributed by atoms with E-state index in [4.69, 9.17) is 19.3 Å². The van der Waals surface area contributed by atoms with E-state index >= 15 is 0 Å². The maximum absolute atomic E-state index is 9.10. The minimum atomic E-state index is 0.142. The molecule has 0 unspecified atom stereocenters. The molecule has 0 aliphatic heterocycles. The quantitative estimate of drug-likeness (QED) is 0.437. The van der Waals surface area contributed by atoms with Gasteiger partial charge in [-0.2, -0.15) is 0 Å². The number of benzene rings is 1. The van der Waals surface area contributed by atoms with Crippen LogP contribution in [0.2, 0.25) is 0 Å². The lowest BCUT2D eigenvalue weighted by Crippen LogP contribution is -2.05. The molecule has 1 aromatic rings. The van der Waals surface area contributed by atoms with Crippen LogP contribution in [0.1, 0.15) is 5.56 Å². The van der Waals surface area contributed by atoms with Crippen molar-refractivity contribution in [3.05, 3.63) is 36.4 Å². The molecule has 0 amide bonds. The summed E-state index contributed by atoms with van der Waals surface area (Å²) >= 11 is 0. The second kappa shape index (κ2) is 6.87. The zero-order valence-corrected chi connectivity index (χ0v) is 9.31. The van der Waals surface area contributed by atoms with Gasteiger partial charge in [0.2, 0.25) is 0 Å². The molecule has 0 heterocycles. The third-order valence-corrected chi connectivity index (χ3v) is 1.94.